The Morgan fingerprint density at radius 1 is 1.46 bits per heavy atom. The van der Waals surface area contributed by atoms with Gasteiger partial charge in [-0.25, -0.2) is 0 Å². The van der Waals surface area contributed by atoms with Gasteiger partial charge in [-0.2, -0.15) is 0 Å². The Labute approximate surface area is 78.4 Å². The number of amides is 1. The van der Waals surface area contributed by atoms with Gasteiger partial charge in [-0.3, -0.25) is 4.79 Å². The quantitative estimate of drug-likeness (QED) is 0.712. The molecule has 1 aromatic rings. The molecule has 1 rings (SSSR count). The highest BCUT2D eigenvalue weighted by atomic mass is 16.1. The van der Waals surface area contributed by atoms with E-state index in [1.807, 2.05) is 31.3 Å². The summed E-state index contributed by atoms with van der Waals surface area (Å²) in [7, 11) is 1.99. The minimum Gasteiger partial charge on any atom is -0.373 e. The molecule has 0 aliphatic rings. The van der Waals surface area contributed by atoms with Gasteiger partial charge in [0, 0.05) is 13.6 Å². The highest BCUT2D eigenvalue weighted by molar-refractivity contribution is 5.81. The fourth-order valence-electron chi connectivity index (χ4n) is 1.16. The smallest absolute Gasteiger partial charge is 0.211 e. The number of anilines is 2. The number of nitrogens with zero attached hydrogens (tertiary/aromatic N) is 1. The van der Waals surface area contributed by atoms with Crippen LogP contribution in [0.3, 0.4) is 0 Å². The summed E-state index contributed by atoms with van der Waals surface area (Å²) in [5.74, 6) is 0. The summed E-state index contributed by atoms with van der Waals surface area (Å²) in [5.41, 5.74) is 1.89. The first-order chi connectivity index (χ1) is 6.29. The number of benzene rings is 1. The van der Waals surface area contributed by atoms with E-state index in [4.69, 9.17) is 0 Å². The minimum absolute atomic E-state index is 0.697. The van der Waals surface area contributed by atoms with Crippen molar-refractivity contribution < 1.29 is 4.79 Å². The molecule has 1 aromatic carbocycles. The maximum Gasteiger partial charge on any atom is 0.211 e. The maximum absolute atomic E-state index is 10.3. The van der Waals surface area contributed by atoms with Crippen molar-refractivity contribution in [2.75, 3.05) is 23.8 Å². The third-order valence-electron chi connectivity index (χ3n) is 2.00. The molecule has 70 valence electrons. The fourth-order valence-corrected chi connectivity index (χ4v) is 1.16. The first-order valence-corrected chi connectivity index (χ1v) is 4.30. The lowest BCUT2D eigenvalue weighted by atomic mass is 10.2. The highest BCUT2D eigenvalue weighted by Crippen LogP contribution is 2.23. The Morgan fingerprint density at radius 2 is 2.15 bits per heavy atom. The van der Waals surface area contributed by atoms with E-state index in [9.17, 15) is 4.79 Å². The van der Waals surface area contributed by atoms with Crippen molar-refractivity contribution in [2.45, 2.75) is 6.92 Å². The van der Waals surface area contributed by atoms with Crippen LogP contribution in [0.4, 0.5) is 11.4 Å². The summed E-state index contributed by atoms with van der Waals surface area (Å²) < 4.78 is 0. The van der Waals surface area contributed by atoms with E-state index >= 15 is 0 Å². The summed E-state index contributed by atoms with van der Waals surface area (Å²) in [6, 6.07) is 7.72. The second-order valence-corrected chi connectivity index (χ2v) is 2.79. The first kappa shape index (κ1) is 9.58. The van der Waals surface area contributed by atoms with Crippen LogP contribution < -0.4 is 10.2 Å². The molecule has 0 saturated heterocycles. The lowest BCUT2D eigenvalue weighted by Crippen LogP contribution is -2.17. The van der Waals surface area contributed by atoms with Crippen molar-refractivity contribution in [3.05, 3.63) is 24.3 Å². The third-order valence-corrected chi connectivity index (χ3v) is 2.00. The van der Waals surface area contributed by atoms with E-state index in [1.165, 1.54) is 0 Å². The average molecular weight is 178 g/mol. The number of hydrogen-bond acceptors (Lipinski definition) is 2. The van der Waals surface area contributed by atoms with Gasteiger partial charge in [-0.15, -0.1) is 0 Å². The molecule has 0 aliphatic heterocycles. The number of hydrogen-bond donors (Lipinski definition) is 1. The van der Waals surface area contributed by atoms with Gasteiger partial charge in [-0.1, -0.05) is 12.1 Å². The zero-order valence-corrected chi connectivity index (χ0v) is 7.95. The Balaban J connectivity index is 2.96. The van der Waals surface area contributed by atoms with Crippen LogP contribution in [0.15, 0.2) is 24.3 Å². The average Bonchev–Trinajstić information content (AvgIpc) is 2.18. The molecule has 0 spiro atoms. The number of carbonyl (C=O) groups excluding carboxylic acids is 1. The van der Waals surface area contributed by atoms with Gasteiger partial charge in [-0.05, 0) is 19.1 Å². The van der Waals surface area contributed by atoms with Gasteiger partial charge >= 0.3 is 0 Å². The molecule has 1 amide bonds. The summed E-state index contributed by atoms with van der Waals surface area (Å²) >= 11 is 0. The van der Waals surface area contributed by atoms with Crippen LogP contribution >= 0.6 is 0 Å². The molecule has 3 nitrogen and oxygen atoms in total. The molecule has 0 unspecified atom stereocenters. The van der Waals surface area contributed by atoms with Crippen molar-refractivity contribution in [3.63, 3.8) is 0 Å². The van der Waals surface area contributed by atoms with Gasteiger partial charge in [0.2, 0.25) is 6.41 Å². The third kappa shape index (κ3) is 2.21. The van der Waals surface area contributed by atoms with Crippen molar-refractivity contribution in [3.8, 4) is 0 Å². The van der Waals surface area contributed by atoms with Gasteiger partial charge in [0.05, 0.1) is 11.4 Å². The zero-order valence-electron chi connectivity index (χ0n) is 7.95. The van der Waals surface area contributed by atoms with Crippen LogP contribution in [0.25, 0.3) is 0 Å². The molecule has 3 heteroatoms. The molecule has 0 saturated carbocycles. The lowest BCUT2D eigenvalue weighted by Gasteiger charge is -2.19. The van der Waals surface area contributed by atoms with Crippen LogP contribution in [0.1, 0.15) is 6.92 Å². The Hall–Kier alpha value is -1.51. The molecular formula is C10H14N2O. The maximum atomic E-state index is 10.3. The molecule has 0 heterocycles. The number of rotatable bonds is 4. The summed E-state index contributed by atoms with van der Waals surface area (Å²) in [5, 5.41) is 2.67. The van der Waals surface area contributed by atoms with Gasteiger partial charge in [0.15, 0.2) is 0 Å². The SMILES string of the molecule is CCN(C)c1ccccc1NC=O. The first-order valence-electron chi connectivity index (χ1n) is 4.30. The van der Waals surface area contributed by atoms with E-state index in [2.05, 4.69) is 17.1 Å². The largest absolute Gasteiger partial charge is 0.373 e. The molecule has 1 N–H and O–H groups in total. The molecule has 13 heavy (non-hydrogen) atoms. The second-order valence-electron chi connectivity index (χ2n) is 2.79. The van der Waals surface area contributed by atoms with Crippen molar-refractivity contribution in [1.29, 1.82) is 0 Å². The van der Waals surface area contributed by atoms with Gasteiger partial charge in [0.1, 0.15) is 0 Å². The standard InChI is InChI=1S/C10H14N2O/c1-3-12(2)10-7-5-4-6-9(10)11-8-13/h4-8H,3H2,1-2H3,(H,11,13). The molecule has 0 radical (unpaired) electrons. The molecule has 0 aromatic heterocycles. The molecule has 0 fully saturated rings. The Morgan fingerprint density at radius 3 is 2.77 bits per heavy atom. The summed E-state index contributed by atoms with van der Waals surface area (Å²) in [6.45, 7) is 2.98. The van der Waals surface area contributed by atoms with E-state index in [0.717, 1.165) is 17.9 Å². The lowest BCUT2D eigenvalue weighted by molar-refractivity contribution is -0.105. The number of para-hydroxylation sites is 2. The summed E-state index contributed by atoms with van der Waals surface area (Å²) in [6.07, 6.45) is 0.697. The number of carbonyl (C=O) groups is 1. The van der Waals surface area contributed by atoms with Crippen LogP contribution in [0.5, 0.6) is 0 Å². The minimum atomic E-state index is 0.697. The van der Waals surface area contributed by atoms with Crippen molar-refractivity contribution in [2.24, 2.45) is 0 Å². The van der Waals surface area contributed by atoms with E-state index in [1.54, 1.807) is 0 Å². The second kappa shape index (κ2) is 4.50. The van der Waals surface area contributed by atoms with Gasteiger partial charge < -0.3 is 10.2 Å². The Bertz CT molecular complexity index is 286. The summed E-state index contributed by atoms with van der Waals surface area (Å²) in [4.78, 5) is 12.4. The molecule has 0 aliphatic carbocycles. The van der Waals surface area contributed by atoms with Crippen LogP contribution in [0.2, 0.25) is 0 Å². The topological polar surface area (TPSA) is 32.3 Å². The normalized spacial score (nSPS) is 9.38. The predicted octanol–water partition coefficient (Wildman–Crippen LogP) is 1.71. The molecule has 0 bridgehead atoms. The number of nitrogens with one attached hydrogen (secondary N) is 1. The van der Waals surface area contributed by atoms with Crippen LogP contribution in [0, 0.1) is 0 Å². The van der Waals surface area contributed by atoms with Crippen molar-refractivity contribution >= 4 is 17.8 Å². The zero-order chi connectivity index (χ0) is 9.68. The van der Waals surface area contributed by atoms with E-state index < -0.39 is 0 Å². The van der Waals surface area contributed by atoms with Crippen LogP contribution in [-0.4, -0.2) is 20.0 Å². The molecule has 0 atom stereocenters. The van der Waals surface area contributed by atoms with Crippen molar-refractivity contribution in [1.82, 2.24) is 0 Å². The fraction of sp³-hybridized carbons (Fsp3) is 0.300. The monoisotopic (exact) mass is 178 g/mol. The van der Waals surface area contributed by atoms with E-state index in [0.29, 0.717) is 6.41 Å². The highest BCUT2D eigenvalue weighted by Gasteiger charge is 2.03. The van der Waals surface area contributed by atoms with E-state index in [-0.39, 0.29) is 0 Å². The van der Waals surface area contributed by atoms with Crippen LogP contribution in [-0.2, 0) is 4.79 Å². The predicted molar refractivity (Wildman–Crippen MR) is 55.1 cm³/mol. The molecular weight excluding hydrogens is 164 g/mol. The Kier molecular flexibility index (Phi) is 3.31. The van der Waals surface area contributed by atoms with Gasteiger partial charge in [0.25, 0.3) is 0 Å².